The molecule has 1 heterocycles. The largest absolute Gasteiger partial charge is 0.481 e. The lowest BCUT2D eigenvalue weighted by molar-refractivity contribution is -0.136. The predicted octanol–water partition coefficient (Wildman–Crippen LogP) is 2.08. The summed E-state index contributed by atoms with van der Waals surface area (Å²) in [5, 5.41) is 8.67. The van der Waals surface area contributed by atoms with Gasteiger partial charge >= 0.3 is 5.97 Å². The summed E-state index contributed by atoms with van der Waals surface area (Å²) in [6.07, 6.45) is 5.53. The third-order valence-corrected chi connectivity index (χ3v) is 2.71. The predicted molar refractivity (Wildman–Crippen MR) is 63.8 cm³/mol. The van der Waals surface area contributed by atoms with E-state index in [4.69, 9.17) is 5.11 Å². The number of aliphatic carboxylic acids is 1. The van der Waals surface area contributed by atoms with Crippen LogP contribution in [0.4, 0.5) is 5.69 Å². The number of hydrogen-bond donors (Lipinski definition) is 1. The maximum absolute atomic E-state index is 10.5. The maximum atomic E-state index is 10.5. The van der Waals surface area contributed by atoms with E-state index in [1.54, 1.807) is 0 Å². The lowest BCUT2D eigenvalue weighted by atomic mass is 10.1. The van der Waals surface area contributed by atoms with Crippen molar-refractivity contribution in [2.75, 3.05) is 18.0 Å². The van der Waals surface area contributed by atoms with Crippen LogP contribution in [0.1, 0.15) is 12.0 Å². The molecular formula is C13H15NO2. The minimum Gasteiger partial charge on any atom is -0.481 e. The molecule has 0 aromatic heterocycles. The second kappa shape index (κ2) is 4.84. The summed E-state index contributed by atoms with van der Waals surface area (Å²) in [6.45, 7) is 1.98. The molecule has 1 aliphatic heterocycles. The number of nitrogens with zero attached hydrogens (tertiary/aromatic N) is 1. The molecule has 3 heteroatoms. The van der Waals surface area contributed by atoms with E-state index < -0.39 is 5.97 Å². The molecule has 3 nitrogen and oxygen atoms in total. The monoisotopic (exact) mass is 217 g/mol. The highest BCUT2D eigenvalue weighted by molar-refractivity contribution is 5.70. The van der Waals surface area contributed by atoms with Crippen LogP contribution in [0.5, 0.6) is 0 Å². The van der Waals surface area contributed by atoms with Gasteiger partial charge in [-0.1, -0.05) is 24.3 Å². The highest BCUT2D eigenvalue weighted by Gasteiger charge is 2.07. The van der Waals surface area contributed by atoms with E-state index in [0.29, 0.717) is 0 Å². The van der Waals surface area contributed by atoms with Crippen LogP contribution < -0.4 is 4.90 Å². The lowest BCUT2D eigenvalue weighted by Crippen LogP contribution is -2.26. The molecular weight excluding hydrogens is 202 g/mol. The van der Waals surface area contributed by atoms with Crippen molar-refractivity contribution in [1.82, 2.24) is 0 Å². The Labute approximate surface area is 95.0 Å². The topological polar surface area (TPSA) is 40.5 Å². The summed E-state index contributed by atoms with van der Waals surface area (Å²) in [7, 11) is 0. The van der Waals surface area contributed by atoms with Crippen LogP contribution in [0.25, 0.3) is 0 Å². The molecule has 1 aromatic carbocycles. The lowest BCUT2D eigenvalue weighted by Gasteiger charge is -2.25. The molecule has 0 atom stereocenters. The molecule has 16 heavy (non-hydrogen) atoms. The standard InChI is InChI=1S/C13H15NO2/c15-13(16)10-11-4-6-12(7-5-11)14-8-2-1-3-9-14/h1-2,4-7H,3,8-10H2,(H,15,16). The molecule has 0 saturated carbocycles. The third-order valence-electron chi connectivity index (χ3n) is 2.71. The Morgan fingerprint density at radius 3 is 2.56 bits per heavy atom. The van der Waals surface area contributed by atoms with Crippen molar-refractivity contribution in [3.63, 3.8) is 0 Å². The van der Waals surface area contributed by atoms with E-state index in [1.807, 2.05) is 24.3 Å². The normalized spacial score (nSPS) is 15.1. The van der Waals surface area contributed by atoms with Crippen LogP contribution in [0, 0.1) is 0 Å². The summed E-state index contributed by atoms with van der Waals surface area (Å²) in [5.74, 6) is -0.784. The molecule has 84 valence electrons. The van der Waals surface area contributed by atoms with Crippen LogP contribution in [0.2, 0.25) is 0 Å². The number of carboxylic acids is 1. The zero-order valence-corrected chi connectivity index (χ0v) is 9.10. The molecule has 0 saturated heterocycles. The van der Waals surface area contributed by atoms with Gasteiger partial charge in [0.15, 0.2) is 0 Å². The number of carbonyl (C=O) groups is 1. The van der Waals surface area contributed by atoms with Gasteiger partial charge in [-0.2, -0.15) is 0 Å². The molecule has 1 aliphatic rings. The van der Waals surface area contributed by atoms with Crippen molar-refractivity contribution in [2.24, 2.45) is 0 Å². The van der Waals surface area contributed by atoms with Crippen molar-refractivity contribution in [2.45, 2.75) is 12.8 Å². The first-order chi connectivity index (χ1) is 7.75. The number of hydrogen-bond acceptors (Lipinski definition) is 2. The van der Waals surface area contributed by atoms with Crippen LogP contribution >= 0.6 is 0 Å². The van der Waals surface area contributed by atoms with Crippen LogP contribution in [-0.2, 0) is 11.2 Å². The van der Waals surface area contributed by atoms with Gasteiger partial charge < -0.3 is 10.0 Å². The van der Waals surface area contributed by atoms with Crippen LogP contribution in [0.3, 0.4) is 0 Å². The average molecular weight is 217 g/mol. The highest BCUT2D eigenvalue weighted by atomic mass is 16.4. The van der Waals surface area contributed by atoms with E-state index in [9.17, 15) is 4.79 Å². The number of rotatable bonds is 3. The summed E-state index contributed by atoms with van der Waals surface area (Å²) in [6, 6.07) is 7.78. The van der Waals surface area contributed by atoms with Gasteiger partial charge in [-0.05, 0) is 24.1 Å². The van der Waals surface area contributed by atoms with Crippen LogP contribution in [-0.4, -0.2) is 24.2 Å². The van der Waals surface area contributed by atoms with Crippen molar-refractivity contribution in [3.8, 4) is 0 Å². The van der Waals surface area contributed by atoms with E-state index >= 15 is 0 Å². The summed E-state index contributed by atoms with van der Waals surface area (Å²) >= 11 is 0. The fraction of sp³-hybridized carbons (Fsp3) is 0.308. The van der Waals surface area contributed by atoms with Crippen molar-refractivity contribution >= 4 is 11.7 Å². The number of benzene rings is 1. The fourth-order valence-corrected chi connectivity index (χ4v) is 1.88. The number of carboxylic acid groups (broad SMARTS) is 1. The second-order valence-corrected chi connectivity index (χ2v) is 3.94. The maximum Gasteiger partial charge on any atom is 0.307 e. The van der Waals surface area contributed by atoms with Crippen molar-refractivity contribution in [3.05, 3.63) is 42.0 Å². The molecule has 0 spiro atoms. The smallest absolute Gasteiger partial charge is 0.307 e. The summed E-state index contributed by atoms with van der Waals surface area (Å²) in [5.41, 5.74) is 2.02. The van der Waals surface area contributed by atoms with Gasteiger partial charge in [0.2, 0.25) is 0 Å². The van der Waals surface area contributed by atoms with E-state index in [1.165, 1.54) is 5.69 Å². The molecule has 1 N–H and O–H groups in total. The van der Waals surface area contributed by atoms with Gasteiger partial charge in [-0.3, -0.25) is 4.79 Å². The Morgan fingerprint density at radius 2 is 2.00 bits per heavy atom. The zero-order chi connectivity index (χ0) is 11.4. The van der Waals surface area contributed by atoms with Gasteiger partial charge in [0.05, 0.1) is 6.42 Å². The van der Waals surface area contributed by atoms with Gasteiger partial charge in [-0.25, -0.2) is 0 Å². The first kappa shape index (κ1) is 10.7. The van der Waals surface area contributed by atoms with Crippen molar-refractivity contribution < 1.29 is 9.90 Å². The molecule has 0 radical (unpaired) electrons. The number of anilines is 1. The Bertz CT molecular complexity index is 395. The van der Waals surface area contributed by atoms with E-state index in [0.717, 1.165) is 25.1 Å². The SMILES string of the molecule is O=C(O)Cc1ccc(N2CC=CCC2)cc1. The zero-order valence-electron chi connectivity index (χ0n) is 9.10. The Kier molecular flexibility index (Phi) is 3.25. The molecule has 0 unspecified atom stereocenters. The molecule has 0 amide bonds. The van der Waals surface area contributed by atoms with Gasteiger partial charge in [0.1, 0.15) is 0 Å². The van der Waals surface area contributed by atoms with Gasteiger partial charge in [0, 0.05) is 18.8 Å². The first-order valence-corrected chi connectivity index (χ1v) is 5.46. The van der Waals surface area contributed by atoms with Crippen LogP contribution in [0.15, 0.2) is 36.4 Å². The molecule has 0 fully saturated rings. The van der Waals surface area contributed by atoms with E-state index in [-0.39, 0.29) is 6.42 Å². The molecule has 1 aromatic rings. The molecule has 0 bridgehead atoms. The summed E-state index contributed by atoms with van der Waals surface area (Å²) < 4.78 is 0. The highest BCUT2D eigenvalue weighted by Crippen LogP contribution is 2.17. The van der Waals surface area contributed by atoms with Gasteiger partial charge in [0.25, 0.3) is 0 Å². The second-order valence-electron chi connectivity index (χ2n) is 3.94. The van der Waals surface area contributed by atoms with Crippen molar-refractivity contribution in [1.29, 1.82) is 0 Å². The van der Waals surface area contributed by atoms with E-state index in [2.05, 4.69) is 17.1 Å². The quantitative estimate of drug-likeness (QED) is 0.788. The minimum absolute atomic E-state index is 0.0974. The van der Waals surface area contributed by atoms with Gasteiger partial charge in [-0.15, -0.1) is 0 Å². The Balaban J connectivity index is 2.06. The first-order valence-electron chi connectivity index (χ1n) is 5.46. The Morgan fingerprint density at radius 1 is 1.25 bits per heavy atom. The Hall–Kier alpha value is -1.77. The fourth-order valence-electron chi connectivity index (χ4n) is 1.88. The molecule has 2 rings (SSSR count). The third kappa shape index (κ3) is 2.63. The minimum atomic E-state index is -0.784. The average Bonchev–Trinajstić information content (AvgIpc) is 2.30. The summed E-state index contributed by atoms with van der Waals surface area (Å²) in [4.78, 5) is 12.8. The molecule has 0 aliphatic carbocycles.